The lowest BCUT2D eigenvalue weighted by atomic mass is 9.89. The molecule has 2 atom stereocenters. The highest BCUT2D eigenvalue weighted by molar-refractivity contribution is 5.72. The van der Waals surface area contributed by atoms with Crippen LogP contribution in [0.5, 0.6) is 0 Å². The van der Waals surface area contributed by atoms with Crippen molar-refractivity contribution in [2.75, 3.05) is 19.6 Å². The molecule has 1 aliphatic rings. The summed E-state index contributed by atoms with van der Waals surface area (Å²) < 4.78 is 15.6. The van der Waals surface area contributed by atoms with Crippen LogP contribution >= 0.6 is 0 Å². The first-order valence-corrected chi connectivity index (χ1v) is 8.23. The SMILES string of the molecule is Cc1nccn1CCCN1C[C@H](C(=O)O)[C@@H](c2cccc(F)c2)C1. The van der Waals surface area contributed by atoms with Crippen molar-refractivity contribution in [3.05, 3.63) is 53.9 Å². The second kappa shape index (κ2) is 7.13. The third-order valence-corrected chi connectivity index (χ3v) is 4.79. The molecule has 1 aromatic heterocycles. The van der Waals surface area contributed by atoms with E-state index in [9.17, 15) is 14.3 Å². The van der Waals surface area contributed by atoms with Crippen molar-refractivity contribution in [2.45, 2.75) is 25.8 Å². The summed E-state index contributed by atoms with van der Waals surface area (Å²) in [5.74, 6) is -0.782. The normalized spacial score (nSPS) is 21.2. The number of aromatic nitrogens is 2. The Kier molecular flexibility index (Phi) is 4.94. The summed E-state index contributed by atoms with van der Waals surface area (Å²) >= 11 is 0. The molecule has 128 valence electrons. The van der Waals surface area contributed by atoms with Gasteiger partial charge in [0.1, 0.15) is 11.6 Å². The Morgan fingerprint density at radius 3 is 2.88 bits per heavy atom. The summed E-state index contributed by atoms with van der Waals surface area (Å²) in [4.78, 5) is 18.0. The van der Waals surface area contributed by atoms with Gasteiger partial charge in [0.05, 0.1) is 5.92 Å². The Bertz CT molecular complexity index is 716. The molecule has 3 rings (SSSR count). The molecule has 6 heteroatoms. The molecular weight excluding hydrogens is 309 g/mol. The number of nitrogens with zero attached hydrogens (tertiary/aromatic N) is 3. The molecule has 0 bridgehead atoms. The monoisotopic (exact) mass is 331 g/mol. The van der Waals surface area contributed by atoms with Crippen LogP contribution in [0.15, 0.2) is 36.7 Å². The molecule has 5 nitrogen and oxygen atoms in total. The van der Waals surface area contributed by atoms with Crippen LogP contribution in [0.25, 0.3) is 0 Å². The van der Waals surface area contributed by atoms with Crippen LogP contribution in [0.1, 0.15) is 23.7 Å². The molecular formula is C18H22FN3O2. The van der Waals surface area contributed by atoms with E-state index in [1.807, 2.05) is 19.2 Å². The number of halogens is 1. The van der Waals surface area contributed by atoms with Gasteiger partial charge in [-0.3, -0.25) is 4.79 Å². The zero-order valence-electron chi connectivity index (χ0n) is 13.7. The molecule has 1 aliphatic heterocycles. The van der Waals surface area contributed by atoms with Crippen LogP contribution in [-0.4, -0.2) is 45.2 Å². The van der Waals surface area contributed by atoms with Gasteiger partial charge in [0.15, 0.2) is 0 Å². The fourth-order valence-electron chi connectivity index (χ4n) is 3.50. The Hall–Kier alpha value is -2.21. The number of imidazole rings is 1. The number of carboxylic acid groups (broad SMARTS) is 1. The van der Waals surface area contributed by atoms with E-state index < -0.39 is 11.9 Å². The number of rotatable bonds is 6. The lowest BCUT2D eigenvalue weighted by Crippen LogP contribution is -2.25. The molecule has 1 N–H and O–H groups in total. The Morgan fingerprint density at radius 1 is 1.38 bits per heavy atom. The summed E-state index contributed by atoms with van der Waals surface area (Å²) in [5.41, 5.74) is 0.773. The molecule has 1 fully saturated rings. The van der Waals surface area contributed by atoms with Crippen molar-refractivity contribution in [1.82, 2.24) is 14.5 Å². The minimum Gasteiger partial charge on any atom is -0.481 e. The Morgan fingerprint density at radius 2 is 2.21 bits per heavy atom. The highest BCUT2D eigenvalue weighted by Crippen LogP contribution is 2.33. The van der Waals surface area contributed by atoms with Gasteiger partial charge in [-0.2, -0.15) is 0 Å². The summed E-state index contributed by atoms with van der Waals surface area (Å²) in [6.07, 6.45) is 4.67. The second-order valence-electron chi connectivity index (χ2n) is 6.39. The van der Waals surface area contributed by atoms with Crippen LogP contribution in [0.4, 0.5) is 4.39 Å². The van der Waals surface area contributed by atoms with Gasteiger partial charge >= 0.3 is 5.97 Å². The van der Waals surface area contributed by atoms with Crippen molar-refractivity contribution in [3.8, 4) is 0 Å². The molecule has 0 saturated carbocycles. The first-order valence-electron chi connectivity index (χ1n) is 8.23. The van der Waals surface area contributed by atoms with E-state index in [2.05, 4.69) is 14.5 Å². The van der Waals surface area contributed by atoms with E-state index in [0.717, 1.165) is 30.9 Å². The van der Waals surface area contributed by atoms with E-state index in [-0.39, 0.29) is 11.7 Å². The third kappa shape index (κ3) is 3.64. The van der Waals surface area contributed by atoms with Gasteiger partial charge in [-0.25, -0.2) is 9.37 Å². The van der Waals surface area contributed by atoms with Crippen molar-refractivity contribution < 1.29 is 14.3 Å². The number of likely N-dealkylation sites (tertiary alicyclic amines) is 1. The van der Waals surface area contributed by atoms with Crippen LogP contribution in [0.3, 0.4) is 0 Å². The fourth-order valence-corrected chi connectivity index (χ4v) is 3.50. The number of carboxylic acids is 1. The Balaban J connectivity index is 1.62. The third-order valence-electron chi connectivity index (χ3n) is 4.79. The van der Waals surface area contributed by atoms with E-state index in [0.29, 0.717) is 13.1 Å². The summed E-state index contributed by atoms with van der Waals surface area (Å²) in [6.45, 7) is 4.83. The van der Waals surface area contributed by atoms with E-state index in [1.165, 1.54) is 12.1 Å². The highest BCUT2D eigenvalue weighted by atomic mass is 19.1. The van der Waals surface area contributed by atoms with E-state index >= 15 is 0 Å². The fraction of sp³-hybridized carbons (Fsp3) is 0.444. The number of hydrogen-bond donors (Lipinski definition) is 1. The number of benzene rings is 1. The maximum Gasteiger partial charge on any atom is 0.308 e. The average Bonchev–Trinajstić information content (AvgIpc) is 3.14. The highest BCUT2D eigenvalue weighted by Gasteiger charge is 2.38. The number of carbonyl (C=O) groups is 1. The predicted octanol–water partition coefficient (Wildman–Crippen LogP) is 2.52. The first kappa shape index (κ1) is 16.6. The molecule has 1 aromatic carbocycles. The van der Waals surface area contributed by atoms with Crippen molar-refractivity contribution in [3.63, 3.8) is 0 Å². The largest absolute Gasteiger partial charge is 0.481 e. The average molecular weight is 331 g/mol. The second-order valence-corrected chi connectivity index (χ2v) is 6.39. The lowest BCUT2D eigenvalue weighted by molar-refractivity contribution is -0.141. The molecule has 0 spiro atoms. The number of aryl methyl sites for hydroxylation is 2. The van der Waals surface area contributed by atoms with Crippen molar-refractivity contribution >= 4 is 5.97 Å². The number of hydrogen-bond acceptors (Lipinski definition) is 3. The van der Waals surface area contributed by atoms with Gasteiger partial charge in [-0.15, -0.1) is 0 Å². The molecule has 0 aliphatic carbocycles. The summed E-state index contributed by atoms with van der Waals surface area (Å²) in [5, 5.41) is 9.51. The standard InChI is InChI=1S/C18H22FN3O2/c1-13-20-6-9-22(13)8-3-7-21-11-16(17(12-21)18(23)24)14-4-2-5-15(19)10-14/h2,4-6,9-10,16-17H,3,7-8,11-12H2,1H3,(H,23,24)/t16-,17+/m1/s1. The first-order chi connectivity index (χ1) is 11.5. The topological polar surface area (TPSA) is 58.4 Å². The summed E-state index contributed by atoms with van der Waals surface area (Å²) in [6, 6.07) is 6.31. The van der Waals surface area contributed by atoms with E-state index in [4.69, 9.17) is 0 Å². The quantitative estimate of drug-likeness (QED) is 0.884. The van der Waals surface area contributed by atoms with Gasteiger partial charge < -0.3 is 14.6 Å². The molecule has 24 heavy (non-hydrogen) atoms. The van der Waals surface area contributed by atoms with Crippen molar-refractivity contribution in [1.29, 1.82) is 0 Å². The molecule has 0 amide bonds. The molecule has 2 heterocycles. The zero-order chi connectivity index (χ0) is 17.1. The smallest absolute Gasteiger partial charge is 0.308 e. The van der Waals surface area contributed by atoms with Gasteiger partial charge in [-0.1, -0.05) is 12.1 Å². The van der Waals surface area contributed by atoms with Gasteiger partial charge in [0.25, 0.3) is 0 Å². The maximum absolute atomic E-state index is 13.5. The predicted molar refractivity (Wildman–Crippen MR) is 88.3 cm³/mol. The van der Waals surface area contributed by atoms with Crippen LogP contribution < -0.4 is 0 Å². The molecule has 0 radical (unpaired) electrons. The molecule has 0 unspecified atom stereocenters. The van der Waals surface area contributed by atoms with Gasteiger partial charge in [-0.05, 0) is 37.6 Å². The lowest BCUT2D eigenvalue weighted by Gasteiger charge is -2.16. The van der Waals surface area contributed by atoms with Gasteiger partial charge in [0.2, 0.25) is 0 Å². The minimum absolute atomic E-state index is 0.159. The zero-order valence-corrected chi connectivity index (χ0v) is 13.7. The molecule has 1 saturated heterocycles. The number of aliphatic carboxylic acids is 1. The summed E-state index contributed by atoms with van der Waals surface area (Å²) in [7, 11) is 0. The van der Waals surface area contributed by atoms with Crippen LogP contribution in [0, 0.1) is 18.7 Å². The van der Waals surface area contributed by atoms with Crippen molar-refractivity contribution in [2.24, 2.45) is 5.92 Å². The van der Waals surface area contributed by atoms with Crippen LogP contribution in [0.2, 0.25) is 0 Å². The van der Waals surface area contributed by atoms with Crippen LogP contribution in [-0.2, 0) is 11.3 Å². The Labute approximate surface area is 140 Å². The van der Waals surface area contributed by atoms with E-state index in [1.54, 1.807) is 12.3 Å². The minimum atomic E-state index is -0.808. The van der Waals surface area contributed by atoms with Gasteiger partial charge in [0, 0.05) is 37.9 Å². The maximum atomic E-state index is 13.5. The molecule has 2 aromatic rings.